The van der Waals surface area contributed by atoms with Crippen LogP contribution in [-0.4, -0.2) is 42.9 Å². The van der Waals surface area contributed by atoms with Gasteiger partial charge in [0, 0.05) is 12.7 Å². The smallest absolute Gasteiger partial charge is 0.339 e. The molecule has 3 amide bonds. The van der Waals surface area contributed by atoms with E-state index in [0.29, 0.717) is 29.9 Å². The molecule has 0 aromatic heterocycles. The van der Waals surface area contributed by atoms with Crippen molar-refractivity contribution in [2.24, 2.45) is 0 Å². The molecule has 1 spiro atoms. The molecule has 0 unspecified atom stereocenters. The number of carbonyl (C=O) groups excluding carboxylic acids is 4. The van der Waals surface area contributed by atoms with Crippen molar-refractivity contribution in [1.29, 1.82) is 0 Å². The van der Waals surface area contributed by atoms with Gasteiger partial charge in [-0.2, -0.15) is 0 Å². The number of carbonyl (C=O) groups is 4. The van der Waals surface area contributed by atoms with Crippen molar-refractivity contribution in [1.82, 2.24) is 0 Å². The first-order valence-corrected chi connectivity index (χ1v) is 12.3. The van der Waals surface area contributed by atoms with Gasteiger partial charge < -0.3 is 15.0 Å². The van der Waals surface area contributed by atoms with Gasteiger partial charge in [-0.3, -0.25) is 19.3 Å². The lowest BCUT2D eigenvalue weighted by atomic mass is 9.90. The van der Waals surface area contributed by atoms with E-state index in [1.807, 2.05) is 18.2 Å². The Morgan fingerprint density at radius 3 is 2.24 bits per heavy atom. The van der Waals surface area contributed by atoms with Crippen LogP contribution in [0.25, 0.3) is 0 Å². The van der Waals surface area contributed by atoms with Gasteiger partial charge in [0.2, 0.25) is 0 Å². The minimum absolute atomic E-state index is 0.0652. The van der Waals surface area contributed by atoms with Crippen LogP contribution < -0.4 is 15.1 Å². The van der Waals surface area contributed by atoms with E-state index < -0.39 is 24.0 Å². The molecule has 1 aliphatic carbocycles. The third-order valence-corrected chi connectivity index (χ3v) is 7.08. The van der Waals surface area contributed by atoms with Crippen molar-refractivity contribution in [2.75, 3.05) is 28.8 Å². The quantitative estimate of drug-likeness (QED) is 0.527. The second kappa shape index (κ2) is 9.89. The van der Waals surface area contributed by atoms with Crippen LogP contribution >= 0.6 is 0 Å². The van der Waals surface area contributed by atoms with Gasteiger partial charge in [-0.25, -0.2) is 4.79 Å². The minimum Gasteiger partial charge on any atom is -0.452 e. The molecule has 2 aliphatic rings. The number of nitrogens with zero attached hydrogens (tertiary/aromatic N) is 2. The molecule has 0 radical (unpaired) electrons. The summed E-state index contributed by atoms with van der Waals surface area (Å²) in [7, 11) is 1.63. The average Bonchev–Trinajstić information content (AvgIpc) is 3.42. The Kier molecular flexibility index (Phi) is 6.48. The molecular formula is C29H27N3O5. The molecule has 5 rings (SSSR count). The first kappa shape index (κ1) is 24.2. The molecule has 188 valence electrons. The summed E-state index contributed by atoms with van der Waals surface area (Å²) in [6, 6.07) is 22.6. The molecule has 37 heavy (non-hydrogen) atoms. The zero-order valence-electron chi connectivity index (χ0n) is 20.5. The molecule has 3 aromatic carbocycles. The maximum atomic E-state index is 13.5. The second-order valence-electron chi connectivity index (χ2n) is 9.26. The summed E-state index contributed by atoms with van der Waals surface area (Å²) >= 11 is 0. The van der Waals surface area contributed by atoms with Crippen LogP contribution in [0.5, 0.6) is 0 Å². The van der Waals surface area contributed by atoms with E-state index in [0.717, 1.165) is 12.8 Å². The van der Waals surface area contributed by atoms with Crippen molar-refractivity contribution < 1.29 is 23.9 Å². The summed E-state index contributed by atoms with van der Waals surface area (Å²) in [5.74, 6) is -1.86. The van der Waals surface area contributed by atoms with Crippen LogP contribution in [0.15, 0.2) is 78.9 Å². The summed E-state index contributed by atoms with van der Waals surface area (Å²) in [6.07, 6.45) is 2.72. The van der Waals surface area contributed by atoms with Gasteiger partial charge in [0.25, 0.3) is 17.7 Å². The Labute approximate surface area is 214 Å². The third-order valence-electron chi connectivity index (χ3n) is 7.08. The summed E-state index contributed by atoms with van der Waals surface area (Å²) in [6.45, 7) is -0.556. The van der Waals surface area contributed by atoms with E-state index in [2.05, 4.69) is 5.32 Å². The number of benzene rings is 3. The molecule has 0 saturated heterocycles. The van der Waals surface area contributed by atoms with Gasteiger partial charge >= 0.3 is 5.97 Å². The molecule has 1 N–H and O–H groups in total. The zero-order valence-corrected chi connectivity index (χ0v) is 20.5. The third kappa shape index (κ3) is 4.35. The summed E-state index contributed by atoms with van der Waals surface area (Å²) in [4.78, 5) is 55.9. The molecule has 1 heterocycles. The second-order valence-corrected chi connectivity index (χ2v) is 9.26. The van der Waals surface area contributed by atoms with Gasteiger partial charge in [-0.1, -0.05) is 55.3 Å². The summed E-state index contributed by atoms with van der Waals surface area (Å²) in [5, 5.41) is 2.93. The predicted octanol–water partition coefficient (Wildman–Crippen LogP) is 4.42. The summed E-state index contributed by atoms with van der Waals surface area (Å²) < 4.78 is 5.44. The predicted molar refractivity (Wildman–Crippen MR) is 140 cm³/mol. The standard InChI is InChI=1S/C29H27N3O5/c1-31(20-11-3-2-4-12-20)26(34)21-13-5-6-14-22(21)27(35)37-19-25(33)32-24-16-8-7-15-23(24)30-28(36)29(32)17-9-10-18-29/h2-8,11-16H,9-10,17-19H2,1H3,(H,30,36). The highest BCUT2D eigenvalue weighted by Crippen LogP contribution is 2.45. The van der Waals surface area contributed by atoms with Gasteiger partial charge in [0.05, 0.1) is 22.5 Å². The monoisotopic (exact) mass is 497 g/mol. The van der Waals surface area contributed by atoms with Crippen LogP contribution in [0.3, 0.4) is 0 Å². The Balaban J connectivity index is 1.37. The molecule has 0 bridgehead atoms. The van der Waals surface area contributed by atoms with E-state index in [9.17, 15) is 19.2 Å². The van der Waals surface area contributed by atoms with Gasteiger partial charge in [-0.05, 0) is 49.2 Å². The Morgan fingerprint density at radius 2 is 1.51 bits per heavy atom. The number of anilines is 3. The Bertz CT molecular complexity index is 1360. The number of para-hydroxylation sites is 3. The lowest BCUT2D eigenvalue weighted by molar-refractivity contribution is -0.129. The normalized spacial score (nSPS) is 15.6. The highest BCUT2D eigenvalue weighted by Gasteiger charge is 2.52. The number of hydrogen-bond donors (Lipinski definition) is 1. The van der Waals surface area contributed by atoms with Gasteiger partial charge in [-0.15, -0.1) is 0 Å². The molecule has 8 nitrogen and oxygen atoms in total. The highest BCUT2D eigenvalue weighted by molar-refractivity contribution is 6.16. The molecular weight excluding hydrogens is 470 g/mol. The number of ether oxygens (including phenoxy) is 1. The lowest BCUT2D eigenvalue weighted by Gasteiger charge is -2.44. The molecule has 1 saturated carbocycles. The van der Waals surface area contributed by atoms with Crippen LogP contribution in [-0.2, 0) is 14.3 Å². The minimum atomic E-state index is -0.996. The molecule has 3 aromatic rings. The molecule has 8 heteroatoms. The van der Waals surface area contributed by atoms with E-state index >= 15 is 0 Å². The fourth-order valence-corrected chi connectivity index (χ4v) is 5.20. The number of hydrogen-bond acceptors (Lipinski definition) is 5. The Morgan fingerprint density at radius 1 is 0.892 bits per heavy atom. The molecule has 1 fully saturated rings. The van der Waals surface area contributed by atoms with E-state index in [4.69, 9.17) is 4.74 Å². The van der Waals surface area contributed by atoms with Crippen LogP contribution in [0, 0.1) is 0 Å². The maximum Gasteiger partial charge on any atom is 0.339 e. The number of esters is 1. The van der Waals surface area contributed by atoms with Crippen LogP contribution in [0.2, 0.25) is 0 Å². The van der Waals surface area contributed by atoms with Crippen LogP contribution in [0.4, 0.5) is 17.1 Å². The maximum absolute atomic E-state index is 13.5. The van der Waals surface area contributed by atoms with Crippen molar-refractivity contribution in [3.05, 3.63) is 90.0 Å². The van der Waals surface area contributed by atoms with E-state index in [1.54, 1.807) is 61.6 Å². The summed E-state index contributed by atoms with van der Waals surface area (Å²) in [5.41, 5.74) is 1.05. The fourth-order valence-electron chi connectivity index (χ4n) is 5.20. The number of fused-ring (bicyclic) bond motifs is 1. The van der Waals surface area contributed by atoms with Crippen molar-refractivity contribution in [3.8, 4) is 0 Å². The first-order valence-electron chi connectivity index (χ1n) is 12.3. The van der Waals surface area contributed by atoms with E-state index in [1.165, 1.54) is 15.9 Å². The highest BCUT2D eigenvalue weighted by atomic mass is 16.5. The van der Waals surface area contributed by atoms with Crippen LogP contribution in [0.1, 0.15) is 46.4 Å². The topological polar surface area (TPSA) is 96.0 Å². The number of amides is 3. The fraction of sp³-hybridized carbons (Fsp3) is 0.241. The lowest BCUT2D eigenvalue weighted by Crippen LogP contribution is -2.61. The van der Waals surface area contributed by atoms with Crippen molar-refractivity contribution >= 4 is 40.8 Å². The van der Waals surface area contributed by atoms with Gasteiger partial charge in [0.1, 0.15) is 5.54 Å². The first-order chi connectivity index (χ1) is 17.9. The largest absolute Gasteiger partial charge is 0.452 e. The number of rotatable bonds is 5. The van der Waals surface area contributed by atoms with Gasteiger partial charge in [0.15, 0.2) is 6.61 Å². The van der Waals surface area contributed by atoms with E-state index in [-0.39, 0.29) is 22.9 Å². The zero-order chi connectivity index (χ0) is 26.0. The van der Waals surface area contributed by atoms with Crippen molar-refractivity contribution in [3.63, 3.8) is 0 Å². The number of nitrogens with one attached hydrogen (secondary N) is 1. The molecule has 0 atom stereocenters. The SMILES string of the molecule is CN(C(=O)c1ccccc1C(=O)OCC(=O)N1c2ccccc2NC(=O)C12CCCC2)c1ccccc1. The Hall–Kier alpha value is -4.46. The molecule has 1 aliphatic heterocycles. The average molecular weight is 498 g/mol. The van der Waals surface area contributed by atoms with Crippen molar-refractivity contribution in [2.45, 2.75) is 31.2 Å².